The Labute approximate surface area is 132 Å². The van der Waals surface area contributed by atoms with Gasteiger partial charge in [-0.2, -0.15) is 0 Å². The van der Waals surface area contributed by atoms with Crippen LogP contribution in [-0.4, -0.2) is 20.3 Å². The highest BCUT2D eigenvalue weighted by Gasteiger charge is 2.29. The lowest BCUT2D eigenvalue weighted by Gasteiger charge is -2.09. The second-order valence-electron chi connectivity index (χ2n) is 5.56. The van der Waals surface area contributed by atoms with Gasteiger partial charge in [0, 0.05) is 25.6 Å². The number of rotatable bonds is 1. The van der Waals surface area contributed by atoms with E-state index in [1.165, 1.54) is 30.9 Å². The minimum atomic E-state index is -0.236. The van der Waals surface area contributed by atoms with E-state index in [-0.39, 0.29) is 7.12 Å². The fourth-order valence-corrected chi connectivity index (χ4v) is 4.55. The highest BCUT2D eigenvalue weighted by Crippen LogP contribution is 2.37. The van der Waals surface area contributed by atoms with Crippen LogP contribution in [0.3, 0.4) is 0 Å². The molecule has 1 saturated heterocycles. The standard InChI is InChI=1S/C18H13BO2S/c1-2-6-13-12(5-1)11-15(19-20-9-10-21-19)18-17(13)14-7-3-4-8-16(14)22-18/h1-8,11H,9-10H2. The van der Waals surface area contributed by atoms with Crippen LogP contribution in [0.25, 0.3) is 30.9 Å². The van der Waals surface area contributed by atoms with Gasteiger partial charge in [-0.15, -0.1) is 11.3 Å². The minimum Gasteiger partial charge on any atom is -0.405 e. The molecule has 106 valence electrons. The van der Waals surface area contributed by atoms with E-state index in [1.54, 1.807) is 0 Å². The van der Waals surface area contributed by atoms with Gasteiger partial charge in [-0.1, -0.05) is 48.5 Å². The first-order valence-corrected chi connectivity index (χ1v) is 8.29. The van der Waals surface area contributed by atoms with Crippen molar-refractivity contribution >= 4 is 54.9 Å². The zero-order valence-corrected chi connectivity index (χ0v) is 12.7. The van der Waals surface area contributed by atoms with Crippen LogP contribution < -0.4 is 5.46 Å². The first kappa shape index (κ1) is 12.6. The smallest absolute Gasteiger partial charge is 0.405 e. The van der Waals surface area contributed by atoms with E-state index < -0.39 is 0 Å². The molecule has 4 heteroatoms. The summed E-state index contributed by atoms with van der Waals surface area (Å²) in [6.07, 6.45) is 0. The molecule has 3 aromatic carbocycles. The molecule has 0 aliphatic carbocycles. The Balaban J connectivity index is 1.99. The summed E-state index contributed by atoms with van der Waals surface area (Å²) in [7, 11) is -0.236. The summed E-state index contributed by atoms with van der Waals surface area (Å²) in [5, 5.41) is 5.19. The van der Waals surface area contributed by atoms with Crippen molar-refractivity contribution < 1.29 is 9.31 Å². The van der Waals surface area contributed by atoms with E-state index >= 15 is 0 Å². The summed E-state index contributed by atoms with van der Waals surface area (Å²) in [6.45, 7) is 1.34. The predicted molar refractivity (Wildman–Crippen MR) is 94.1 cm³/mol. The normalized spacial score (nSPS) is 15.4. The second-order valence-corrected chi connectivity index (χ2v) is 6.61. The van der Waals surface area contributed by atoms with Crippen molar-refractivity contribution in [2.45, 2.75) is 0 Å². The van der Waals surface area contributed by atoms with Crippen LogP contribution >= 0.6 is 11.3 Å². The molecular formula is C18H13BO2S. The van der Waals surface area contributed by atoms with Crippen molar-refractivity contribution in [1.29, 1.82) is 0 Å². The van der Waals surface area contributed by atoms with Crippen LogP contribution in [-0.2, 0) is 9.31 Å². The van der Waals surface area contributed by atoms with Gasteiger partial charge in [0.1, 0.15) is 0 Å². The number of hydrogen-bond donors (Lipinski definition) is 0. The average molecular weight is 304 g/mol. The lowest BCUT2D eigenvalue weighted by Crippen LogP contribution is -2.31. The zero-order chi connectivity index (χ0) is 14.5. The lowest BCUT2D eigenvalue weighted by atomic mass is 9.77. The summed E-state index contributed by atoms with van der Waals surface area (Å²) in [5.41, 5.74) is 1.16. The number of fused-ring (bicyclic) bond motifs is 5. The SMILES string of the molecule is c1ccc2c(c1)cc(B1OCCO1)c1sc3ccccc3c12. The third kappa shape index (κ3) is 1.75. The Morgan fingerprint density at radius 1 is 0.864 bits per heavy atom. The third-order valence-electron chi connectivity index (χ3n) is 4.27. The Kier molecular flexibility index (Phi) is 2.77. The highest BCUT2D eigenvalue weighted by molar-refractivity contribution is 7.27. The molecule has 1 aliphatic heterocycles. The van der Waals surface area contributed by atoms with Gasteiger partial charge >= 0.3 is 7.12 Å². The molecule has 0 unspecified atom stereocenters. The quantitative estimate of drug-likeness (QED) is 0.496. The second kappa shape index (κ2) is 4.81. The molecule has 0 saturated carbocycles. The van der Waals surface area contributed by atoms with Gasteiger partial charge in [-0.3, -0.25) is 0 Å². The first-order valence-electron chi connectivity index (χ1n) is 7.48. The van der Waals surface area contributed by atoms with Gasteiger partial charge in [0.2, 0.25) is 0 Å². The topological polar surface area (TPSA) is 18.5 Å². The van der Waals surface area contributed by atoms with Crippen LogP contribution in [0, 0.1) is 0 Å². The van der Waals surface area contributed by atoms with E-state index in [1.807, 2.05) is 11.3 Å². The average Bonchev–Trinajstić information content (AvgIpc) is 3.22. The van der Waals surface area contributed by atoms with E-state index in [4.69, 9.17) is 9.31 Å². The molecule has 1 fully saturated rings. The maximum absolute atomic E-state index is 5.78. The Hall–Kier alpha value is -1.88. The van der Waals surface area contributed by atoms with Crippen molar-refractivity contribution in [3.8, 4) is 0 Å². The maximum atomic E-state index is 5.78. The summed E-state index contributed by atoms with van der Waals surface area (Å²) in [6, 6.07) is 19.4. The van der Waals surface area contributed by atoms with Gasteiger partial charge in [0.15, 0.2) is 0 Å². The molecule has 2 nitrogen and oxygen atoms in total. The molecule has 22 heavy (non-hydrogen) atoms. The molecule has 5 rings (SSSR count). The monoisotopic (exact) mass is 304 g/mol. The Morgan fingerprint density at radius 2 is 1.59 bits per heavy atom. The zero-order valence-electron chi connectivity index (χ0n) is 11.9. The summed E-state index contributed by atoms with van der Waals surface area (Å²) >= 11 is 1.83. The lowest BCUT2D eigenvalue weighted by molar-refractivity contribution is 0.365. The van der Waals surface area contributed by atoms with Crippen molar-refractivity contribution in [1.82, 2.24) is 0 Å². The van der Waals surface area contributed by atoms with Crippen molar-refractivity contribution in [2.75, 3.05) is 13.2 Å². The maximum Gasteiger partial charge on any atom is 0.495 e. The van der Waals surface area contributed by atoms with E-state index in [9.17, 15) is 0 Å². The fourth-order valence-electron chi connectivity index (χ4n) is 3.31. The molecule has 1 aliphatic rings. The van der Waals surface area contributed by atoms with E-state index in [2.05, 4.69) is 54.6 Å². The third-order valence-corrected chi connectivity index (χ3v) is 5.49. The Bertz CT molecular complexity index is 1000. The van der Waals surface area contributed by atoms with Gasteiger partial charge < -0.3 is 9.31 Å². The highest BCUT2D eigenvalue weighted by atomic mass is 32.1. The number of thiophene rings is 1. The van der Waals surface area contributed by atoms with Crippen LogP contribution in [0.2, 0.25) is 0 Å². The van der Waals surface area contributed by atoms with Crippen molar-refractivity contribution in [3.63, 3.8) is 0 Å². The number of hydrogen-bond acceptors (Lipinski definition) is 3. The summed E-state index contributed by atoms with van der Waals surface area (Å²) in [5.74, 6) is 0. The first-order chi connectivity index (χ1) is 10.9. The van der Waals surface area contributed by atoms with E-state index in [0.717, 1.165) is 5.46 Å². The minimum absolute atomic E-state index is 0.236. The van der Waals surface area contributed by atoms with Gasteiger partial charge in [-0.25, -0.2) is 0 Å². The molecule has 0 spiro atoms. The molecule has 4 aromatic rings. The van der Waals surface area contributed by atoms with Gasteiger partial charge in [-0.05, 0) is 16.8 Å². The molecular weight excluding hydrogens is 291 g/mol. The predicted octanol–water partition coefficient (Wildman–Crippen LogP) is 3.95. The van der Waals surface area contributed by atoms with Gasteiger partial charge in [0.05, 0.1) is 13.2 Å². The number of benzene rings is 3. The molecule has 0 amide bonds. The fraction of sp³-hybridized carbons (Fsp3) is 0.111. The molecule has 0 atom stereocenters. The van der Waals surface area contributed by atoms with Crippen LogP contribution in [0.1, 0.15) is 0 Å². The molecule has 0 N–H and O–H groups in total. The summed E-state index contributed by atoms with van der Waals surface area (Å²) < 4.78 is 14.2. The largest absolute Gasteiger partial charge is 0.495 e. The molecule has 0 radical (unpaired) electrons. The summed E-state index contributed by atoms with van der Waals surface area (Å²) in [4.78, 5) is 0. The van der Waals surface area contributed by atoms with Crippen LogP contribution in [0.15, 0.2) is 54.6 Å². The van der Waals surface area contributed by atoms with Crippen LogP contribution in [0.5, 0.6) is 0 Å². The van der Waals surface area contributed by atoms with Gasteiger partial charge in [0.25, 0.3) is 0 Å². The van der Waals surface area contributed by atoms with E-state index in [0.29, 0.717) is 13.2 Å². The van der Waals surface area contributed by atoms with Crippen molar-refractivity contribution in [2.24, 2.45) is 0 Å². The molecule has 1 aromatic heterocycles. The van der Waals surface area contributed by atoms with Crippen LogP contribution in [0.4, 0.5) is 0 Å². The van der Waals surface area contributed by atoms with Crippen molar-refractivity contribution in [3.05, 3.63) is 54.6 Å². The molecule has 2 heterocycles. The Morgan fingerprint density at radius 3 is 2.45 bits per heavy atom. The molecule has 0 bridgehead atoms.